The number of ether oxygens (including phenoxy) is 1. The van der Waals surface area contributed by atoms with Gasteiger partial charge in [-0.1, -0.05) is 0 Å². The van der Waals surface area contributed by atoms with Crippen LogP contribution in [0.2, 0.25) is 0 Å². The first-order chi connectivity index (χ1) is 7.13. The Kier molecular flexibility index (Phi) is 5.21. The maximum absolute atomic E-state index is 11.5. The van der Waals surface area contributed by atoms with Gasteiger partial charge in [-0.05, 0) is 12.8 Å². The van der Waals surface area contributed by atoms with Gasteiger partial charge in [-0.3, -0.25) is 9.00 Å². The van der Waals surface area contributed by atoms with Gasteiger partial charge in [0.05, 0.1) is 6.61 Å². The van der Waals surface area contributed by atoms with Crippen molar-refractivity contribution in [2.45, 2.75) is 24.9 Å². The third-order valence-electron chi connectivity index (χ3n) is 2.42. The van der Waals surface area contributed by atoms with Gasteiger partial charge in [-0.15, -0.1) is 0 Å². The predicted octanol–water partition coefficient (Wildman–Crippen LogP) is -1.01. The van der Waals surface area contributed by atoms with Crippen LogP contribution < -0.4 is 11.1 Å². The van der Waals surface area contributed by atoms with E-state index < -0.39 is 16.8 Å². The molecule has 0 radical (unpaired) electrons. The van der Waals surface area contributed by atoms with E-state index in [2.05, 4.69) is 5.32 Å². The summed E-state index contributed by atoms with van der Waals surface area (Å²) in [6, 6.07) is -0.486. The molecule has 0 aromatic carbocycles. The Balaban J connectivity index is 2.28. The Morgan fingerprint density at radius 2 is 2.20 bits per heavy atom. The SMILES string of the molecule is COCC(N)C(=O)NC1CCS(=O)CC1. The minimum Gasteiger partial charge on any atom is -0.383 e. The molecule has 1 heterocycles. The zero-order chi connectivity index (χ0) is 11.3. The molecule has 1 amide bonds. The van der Waals surface area contributed by atoms with E-state index in [0.29, 0.717) is 11.5 Å². The topological polar surface area (TPSA) is 81.4 Å². The summed E-state index contributed by atoms with van der Waals surface area (Å²) in [5, 5.41) is 2.85. The Morgan fingerprint density at radius 3 is 2.73 bits per heavy atom. The minimum atomic E-state index is -0.697. The first kappa shape index (κ1) is 12.6. The van der Waals surface area contributed by atoms with Crippen molar-refractivity contribution in [3.8, 4) is 0 Å². The number of nitrogens with one attached hydrogen (secondary N) is 1. The van der Waals surface area contributed by atoms with Gasteiger partial charge in [-0.2, -0.15) is 0 Å². The highest BCUT2D eigenvalue weighted by atomic mass is 32.2. The maximum Gasteiger partial charge on any atom is 0.239 e. The van der Waals surface area contributed by atoms with Crippen LogP contribution in [0.4, 0.5) is 0 Å². The highest BCUT2D eigenvalue weighted by molar-refractivity contribution is 7.85. The number of carbonyl (C=O) groups is 1. The molecule has 1 atom stereocenters. The van der Waals surface area contributed by atoms with Gasteiger partial charge < -0.3 is 15.8 Å². The summed E-state index contributed by atoms with van der Waals surface area (Å²) < 4.78 is 15.9. The summed E-state index contributed by atoms with van der Waals surface area (Å²) in [5.74, 6) is 1.16. The van der Waals surface area contributed by atoms with Crippen LogP contribution >= 0.6 is 0 Å². The Morgan fingerprint density at radius 1 is 1.60 bits per heavy atom. The average Bonchev–Trinajstić information content (AvgIpc) is 2.22. The van der Waals surface area contributed by atoms with Crippen molar-refractivity contribution in [3.63, 3.8) is 0 Å². The fourth-order valence-electron chi connectivity index (χ4n) is 1.50. The van der Waals surface area contributed by atoms with Crippen molar-refractivity contribution >= 4 is 16.7 Å². The molecular formula is C9H18N2O3S. The van der Waals surface area contributed by atoms with Crippen LogP contribution in [-0.4, -0.2) is 47.4 Å². The summed E-state index contributed by atoms with van der Waals surface area (Å²) in [7, 11) is 0.814. The van der Waals surface area contributed by atoms with E-state index in [4.69, 9.17) is 10.5 Å². The standard InChI is InChI=1S/C9H18N2O3S/c1-14-6-8(10)9(12)11-7-2-4-15(13)5-3-7/h7-8H,2-6,10H2,1H3,(H,11,12). The Hall–Kier alpha value is -0.460. The van der Waals surface area contributed by atoms with Gasteiger partial charge in [0, 0.05) is 35.5 Å². The average molecular weight is 234 g/mol. The number of carbonyl (C=O) groups excluding carboxylic acids is 1. The van der Waals surface area contributed by atoms with Gasteiger partial charge in [0.15, 0.2) is 0 Å². The van der Waals surface area contributed by atoms with Crippen molar-refractivity contribution in [1.29, 1.82) is 0 Å². The fraction of sp³-hybridized carbons (Fsp3) is 0.889. The van der Waals surface area contributed by atoms with E-state index in [1.165, 1.54) is 7.11 Å². The lowest BCUT2D eigenvalue weighted by molar-refractivity contribution is -0.124. The zero-order valence-electron chi connectivity index (χ0n) is 8.90. The summed E-state index contributed by atoms with van der Waals surface area (Å²) in [4.78, 5) is 11.5. The van der Waals surface area contributed by atoms with Gasteiger partial charge in [0.25, 0.3) is 0 Å². The molecule has 0 bridgehead atoms. The van der Waals surface area contributed by atoms with Crippen molar-refractivity contribution < 1.29 is 13.7 Å². The van der Waals surface area contributed by atoms with E-state index in [0.717, 1.165) is 12.8 Å². The molecule has 6 heteroatoms. The molecule has 1 aliphatic rings. The number of nitrogens with two attached hydrogens (primary N) is 1. The fourth-order valence-corrected chi connectivity index (χ4v) is 2.80. The molecule has 0 spiro atoms. The molecule has 5 nitrogen and oxygen atoms in total. The largest absolute Gasteiger partial charge is 0.383 e. The third-order valence-corrected chi connectivity index (χ3v) is 3.80. The molecule has 1 saturated heterocycles. The highest BCUT2D eigenvalue weighted by Crippen LogP contribution is 2.08. The second kappa shape index (κ2) is 6.19. The number of amides is 1. The van der Waals surface area contributed by atoms with Crippen LogP contribution in [0.1, 0.15) is 12.8 Å². The predicted molar refractivity (Wildman–Crippen MR) is 58.9 cm³/mol. The van der Waals surface area contributed by atoms with Crippen molar-refractivity contribution in [2.24, 2.45) is 5.73 Å². The zero-order valence-corrected chi connectivity index (χ0v) is 9.72. The van der Waals surface area contributed by atoms with E-state index in [1.54, 1.807) is 0 Å². The number of hydrogen-bond donors (Lipinski definition) is 2. The monoisotopic (exact) mass is 234 g/mol. The molecule has 1 fully saturated rings. The molecule has 1 rings (SSSR count). The van der Waals surface area contributed by atoms with Crippen LogP contribution in [0.5, 0.6) is 0 Å². The maximum atomic E-state index is 11.5. The van der Waals surface area contributed by atoms with Crippen molar-refractivity contribution in [2.75, 3.05) is 25.2 Å². The van der Waals surface area contributed by atoms with Gasteiger partial charge in [0.1, 0.15) is 6.04 Å². The summed E-state index contributed by atoms with van der Waals surface area (Å²) in [5.41, 5.74) is 5.58. The first-order valence-electron chi connectivity index (χ1n) is 5.03. The Bertz CT molecular complexity index is 238. The lowest BCUT2D eigenvalue weighted by atomic mass is 10.1. The molecule has 0 aromatic rings. The lowest BCUT2D eigenvalue weighted by Crippen LogP contribution is -2.49. The van der Waals surface area contributed by atoms with Crippen LogP contribution in [0.3, 0.4) is 0 Å². The van der Waals surface area contributed by atoms with Crippen LogP contribution in [0.25, 0.3) is 0 Å². The smallest absolute Gasteiger partial charge is 0.239 e. The van der Waals surface area contributed by atoms with Crippen LogP contribution in [0, 0.1) is 0 Å². The van der Waals surface area contributed by atoms with Crippen molar-refractivity contribution in [3.05, 3.63) is 0 Å². The summed E-state index contributed by atoms with van der Waals surface area (Å²) >= 11 is 0. The van der Waals surface area contributed by atoms with Gasteiger partial charge in [0.2, 0.25) is 5.91 Å². The van der Waals surface area contributed by atoms with Gasteiger partial charge >= 0.3 is 0 Å². The lowest BCUT2D eigenvalue weighted by Gasteiger charge is -2.23. The van der Waals surface area contributed by atoms with Crippen LogP contribution in [-0.2, 0) is 20.3 Å². The second-order valence-electron chi connectivity index (χ2n) is 3.69. The highest BCUT2D eigenvalue weighted by Gasteiger charge is 2.21. The van der Waals surface area contributed by atoms with Crippen molar-refractivity contribution in [1.82, 2.24) is 5.32 Å². The molecule has 1 unspecified atom stereocenters. The quantitative estimate of drug-likeness (QED) is 0.653. The first-order valence-corrected chi connectivity index (χ1v) is 6.52. The molecule has 1 aliphatic heterocycles. The Labute approximate surface area is 92.2 Å². The van der Waals surface area contributed by atoms with E-state index in [1.807, 2.05) is 0 Å². The number of rotatable bonds is 4. The third kappa shape index (κ3) is 4.27. The molecule has 0 saturated carbocycles. The van der Waals surface area contributed by atoms with E-state index >= 15 is 0 Å². The normalized spacial score (nSPS) is 28.4. The summed E-state index contributed by atoms with van der Waals surface area (Å²) in [6.45, 7) is 0.227. The van der Waals surface area contributed by atoms with E-state index in [-0.39, 0.29) is 18.6 Å². The molecule has 88 valence electrons. The minimum absolute atomic E-state index is 0.123. The van der Waals surface area contributed by atoms with Gasteiger partial charge in [-0.25, -0.2) is 0 Å². The molecule has 0 aliphatic carbocycles. The molecular weight excluding hydrogens is 216 g/mol. The number of hydrogen-bond acceptors (Lipinski definition) is 4. The molecule has 15 heavy (non-hydrogen) atoms. The van der Waals surface area contributed by atoms with E-state index in [9.17, 15) is 9.00 Å². The molecule has 0 aromatic heterocycles. The summed E-state index contributed by atoms with van der Waals surface area (Å²) in [6.07, 6.45) is 1.55. The number of methoxy groups -OCH3 is 1. The second-order valence-corrected chi connectivity index (χ2v) is 5.39. The molecule has 3 N–H and O–H groups in total. The van der Waals surface area contributed by atoms with Crippen LogP contribution in [0.15, 0.2) is 0 Å².